The highest BCUT2D eigenvalue weighted by Gasteiger charge is 2.03. The van der Waals surface area contributed by atoms with Crippen molar-refractivity contribution in [2.75, 3.05) is 0 Å². The zero-order chi connectivity index (χ0) is 28.1. The molecule has 0 saturated carbocycles. The molecular formula is C34H68Cl2N4. The number of nitrogens with one attached hydrogen (secondary N) is 2. The summed E-state index contributed by atoms with van der Waals surface area (Å²) in [7, 11) is 0. The van der Waals surface area contributed by atoms with E-state index in [1.54, 1.807) is 0 Å². The molecule has 6 heteroatoms. The van der Waals surface area contributed by atoms with Gasteiger partial charge in [0.1, 0.15) is 24.8 Å². The lowest BCUT2D eigenvalue weighted by atomic mass is 10.1. The van der Waals surface area contributed by atoms with E-state index in [2.05, 4.69) is 73.0 Å². The van der Waals surface area contributed by atoms with Gasteiger partial charge in [-0.25, -0.2) is 19.1 Å². The van der Waals surface area contributed by atoms with Gasteiger partial charge in [0.05, 0.1) is 13.1 Å². The molecule has 0 unspecified atom stereocenters. The summed E-state index contributed by atoms with van der Waals surface area (Å²) in [6, 6.07) is 0. The first-order chi connectivity index (χ1) is 18.6. The fourth-order valence-corrected chi connectivity index (χ4v) is 4.70. The molecular weight excluding hydrogens is 535 g/mol. The fourth-order valence-electron chi connectivity index (χ4n) is 4.70. The highest BCUT2D eigenvalue weighted by molar-refractivity contribution is 4.71. The predicted octanol–water partition coefficient (Wildman–Crippen LogP) is 4.10. The first-order valence-corrected chi connectivity index (χ1v) is 16.7. The van der Waals surface area contributed by atoms with Crippen LogP contribution in [0.2, 0.25) is 0 Å². The van der Waals surface area contributed by atoms with Gasteiger partial charge in [-0.2, -0.15) is 0 Å². The lowest BCUT2D eigenvalue weighted by Gasteiger charge is -1.99. The predicted molar refractivity (Wildman–Crippen MR) is 166 cm³/mol. The molecule has 2 aromatic rings. The Bertz CT molecular complexity index is 654. The van der Waals surface area contributed by atoms with Crippen LogP contribution in [0.3, 0.4) is 0 Å². The Morgan fingerprint density at radius 1 is 0.425 bits per heavy atom. The van der Waals surface area contributed by atoms with Crippen molar-refractivity contribution in [2.24, 2.45) is 0 Å². The number of halogens is 2. The molecule has 0 amide bonds. The van der Waals surface area contributed by atoms with Crippen LogP contribution in [0, 0.1) is 13.8 Å². The molecule has 0 aliphatic heterocycles. The van der Waals surface area contributed by atoms with E-state index in [9.17, 15) is 0 Å². The van der Waals surface area contributed by atoms with Crippen LogP contribution in [0.5, 0.6) is 0 Å². The van der Waals surface area contributed by atoms with Gasteiger partial charge in [0.25, 0.3) is 11.6 Å². The van der Waals surface area contributed by atoms with Gasteiger partial charge >= 0.3 is 0 Å². The van der Waals surface area contributed by atoms with Crippen molar-refractivity contribution >= 4 is 0 Å². The largest absolute Gasteiger partial charge is 1.00 e. The number of H-pyrrole nitrogens is 2. The number of unbranched alkanes of at least 4 members (excludes halogenated alkanes) is 17. The summed E-state index contributed by atoms with van der Waals surface area (Å²) in [5.41, 5.74) is 0. The Balaban J connectivity index is -0.000000509. The standard InChI is InChI=1S/2C12H22N2.C10H22.2ClH/c2*1-3-4-5-6-7-8-10-14-11-9-13-12(14)2;1-3-5-7-9-10-8-6-4-2;;/h2*9,11H,3-8,10H2,1-2H3;3-10H2,1-2H3;2*1H. The van der Waals surface area contributed by atoms with E-state index in [1.165, 1.54) is 153 Å². The topological polar surface area (TPSA) is 39.3 Å². The van der Waals surface area contributed by atoms with Gasteiger partial charge in [0.15, 0.2) is 0 Å². The molecule has 0 bridgehead atoms. The minimum atomic E-state index is 0. The van der Waals surface area contributed by atoms with Crippen molar-refractivity contribution in [1.82, 2.24) is 9.97 Å². The molecule has 2 rings (SSSR count). The summed E-state index contributed by atoms with van der Waals surface area (Å²) in [4.78, 5) is 6.39. The van der Waals surface area contributed by atoms with E-state index in [-0.39, 0.29) is 24.8 Å². The molecule has 0 saturated heterocycles. The Hall–Kier alpha value is -1.00. The lowest BCUT2D eigenvalue weighted by Crippen LogP contribution is -3.00. The number of hydrogen-bond acceptors (Lipinski definition) is 0. The highest BCUT2D eigenvalue weighted by atomic mass is 35.5. The van der Waals surface area contributed by atoms with Crippen molar-refractivity contribution in [3.05, 3.63) is 36.4 Å². The second kappa shape index (κ2) is 34.2. The molecule has 0 aliphatic rings. The number of aryl methyl sites for hydroxylation is 4. The van der Waals surface area contributed by atoms with E-state index >= 15 is 0 Å². The summed E-state index contributed by atoms with van der Waals surface area (Å²) in [6.07, 6.45) is 36.2. The van der Waals surface area contributed by atoms with Gasteiger partial charge < -0.3 is 24.8 Å². The Kier molecular flexibility index (Phi) is 37.2. The van der Waals surface area contributed by atoms with E-state index in [4.69, 9.17) is 0 Å². The molecule has 0 atom stereocenters. The number of imidazole rings is 2. The molecule has 2 N–H and O–H groups in total. The van der Waals surface area contributed by atoms with E-state index < -0.39 is 0 Å². The van der Waals surface area contributed by atoms with Crippen LogP contribution in [-0.4, -0.2) is 9.97 Å². The minimum Gasteiger partial charge on any atom is -1.00 e. The van der Waals surface area contributed by atoms with Gasteiger partial charge in [0.2, 0.25) is 0 Å². The van der Waals surface area contributed by atoms with Crippen LogP contribution in [0.4, 0.5) is 0 Å². The van der Waals surface area contributed by atoms with Gasteiger partial charge in [-0.05, 0) is 25.7 Å². The normalized spacial score (nSPS) is 10.1. The summed E-state index contributed by atoms with van der Waals surface area (Å²) in [6.45, 7) is 15.6. The number of aromatic amines is 2. The number of aromatic nitrogens is 4. The SMILES string of the molecule is CCCCCCCCCC.CCCCCCCC[n+]1cc[nH]c1C.CCCCCCCC[n+]1cc[nH]c1C.[Cl-].[Cl-]. The van der Waals surface area contributed by atoms with Crippen molar-refractivity contribution in [1.29, 1.82) is 0 Å². The molecule has 4 nitrogen and oxygen atoms in total. The van der Waals surface area contributed by atoms with Crippen LogP contribution in [0.15, 0.2) is 24.8 Å². The molecule has 0 spiro atoms. The van der Waals surface area contributed by atoms with Crippen LogP contribution < -0.4 is 33.9 Å². The second-order valence-electron chi connectivity index (χ2n) is 11.1. The molecule has 2 heterocycles. The zero-order valence-electron chi connectivity index (χ0n) is 27.5. The van der Waals surface area contributed by atoms with Crippen molar-refractivity contribution in [3.8, 4) is 0 Å². The van der Waals surface area contributed by atoms with Gasteiger partial charge in [-0.15, -0.1) is 0 Å². The maximum absolute atomic E-state index is 3.19. The van der Waals surface area contributed by atoms with Crippen LogP contribution in [0.25, 0.3) is 0 Å². The van der Waals surface area contributed by atoms with Gasteiger partial charge in [-0.1, -0.05) is 130 Å². The molecule has 2 aromatic heterocycles. The summed E-state index contributed by atoms with van der Waals surface area (Å²) in [5.74, 6) is 2.53. The minimum absolute atomic E-state index is 0. The zero-order valence-corrected chi connectivity index (χ0v) is 29.0. The number of rotatable bonds is 21. The summed E-state index contributed by atoms with van der Waals surface area (Å²) < 4.78 is 4.58. The lowest BCUT2D eigenvalue weighted by molar-refractivity contribution is -0.702. The smallest absolute Gasteiger partial charge is 0.251 e. The maximum Gasteiger partial charge on any atom is 0.251 e. The average Bonchev–Trinajstić information content (AvgIpc) is 3.53. The summed E-state index contributed by atoms with van der Waals surface area (Å²) >= 11 is 0. The van der Waals surface area contributed by atoms with E-state index in [1.807, 2.05) is 12.4 Å². The Morgan fingerprint density at radius 3 is 0.900 bits per heavy atom. The third-order valence-corrected chi connectivity index (χ3v) is 7.42. The monoisotopic (exact) mass is 602 g/mol. The van der Waals surface area contributed by atoms with E-state index in [0.717, 1.165) is 0 Å². The van der Waals surface area contributed by atoms with Crippen LogP contribution in [-0.2, 0) is 13.1 Å². The molecule has 0 aliphatic carbocycles. The average molecular weight is 604 g/mol. The molecule has 40 heavy (non-hydrogen) atoms. The summed E-state index contributed by atoms with van der Waals surface area (Å²) in [5, 5.41) is 0. The fraction of sp³-hybridized carbons (Fsp3) is 0.824. The third-order valence-electron chi connectivity index (χ3n) is 7.42. The molecule has 0 radical (unpaired) electrons. The maximum atomic E-state index is 3.19. The Morgan fingerprint density at radius 2 is 0.675 bits per heavy atom. The number of nitrogens with zero attached hydrogens (tertiary/aromatic N) is 2. The number of hydrogen-bond donors (Lipinski definition) is 2. The molecule has 0 aromatic carbocycles. The van der Waals surface area contributed by atoms with Crippen molar-refractivity contribution in [2.45, 2.75) is 183 Å². The van der Waals surface area contributed by atoms with Gasteiger partial charge in [0, 0.05) is 13.8 Å². The van der Waals surface area contributed by atoms with Crippen LogP contribution >= 0.6 is 0 Å². The first-order valence-electron chi connectivity index (χ1n) is 16.7. The van der Waals surface area contributed by atoms with Crippen molar-refractivity contribution in [3.63, 3.8) is 0 Å². The molecule has 238 valence electrons. The van der Waals surface area contributed by atoms with Crippen LogP contribution in [0.1, 0.15) is 168 Å². The third kappa shape index (κ3) is 27.2. The van der Waals surface area contributed by atoms with E-state index in [0.29, 0.717) is 0 Å². The molecule has 0 fully saturated rings. The first kappa shape index (κ1) is 43.5. The highest BCUT2D eigenvalue weighted by Crippen LogP contribution is 2.08. The quantitative estimate of drug-likeness (QED) is 0.159. The Labute approximate surface area is 262 Å². The second-order valence-corrected chi connectivity index (χ2v) is 11.1. The van der Waals surface area contributed by atoms with Gasteiger partial charge in [-0.3, -0.25) is 0 Å². The van der Waals surface area contributed by atoms with Crippen molar-refractivity contribution < 1.29 is 33.9 Å².